The zero-order valence-electron chi connectivity index (χ0n) is 9.01. The van der Waals surface area contributed by atoms with E-state index in [1.54, 1.807) is 18.8 Å². The van der Waals surface area contributed by atoms with Gasteiger partial charge in [-0.15, -0.1) is 0 Å². The molecule has 0 aromatic heterocycles. The molecule has 0 radical (unpaired) electrons. The highest BCUT2D eigenvalue weighted by Gasteiger charge is 2.33. The molecule has 78 valence electrons. The van der Waals surface area contributed by atoms with Crippen LogP contribution < -0.4 is 5.32 Å². The number of thioether (sulfide) groups is 1. The van der Waals surface area contributed by atoms with Crippen molar-refractivity contribution in [2.24, 2.45) is 0 Å². The van der Waals surface area contributed by atoms with E-state index in [4.69, 9.17) is 4.74 Å². The van der Waals surface area contributed by atoms with E-state index >= 15 is 0 Å². The van der Waals surface area contributed by atoms with E-state index in [2.05, 4.69) is 12.2 Å². The number of carbonyl (C=O) groups excluding carboxylic acids is 1. The molecule has 0 rings (SSSR count). The second kappa shape index (κ2) is 5.50. The maximum absolute atomic E-state index is 11.4. The van der Waals surface area contributed by atoms with E-state index in [1.807, 2.05) is 13.2 Å². The van der Waals surface area contributed by atoms with Crippen LogP contribution in [-0.4, -0.2) is 37.2 Å². The SMILES string of the molecule is CNC(C)(CC(C)SC)C(=O)OC. The predicted octanol–water partition coefficient (Wildman–Crippen LogP) is 1.28. The molecule has 2 unspecified atom stereocenters. The second-order valence-corrected chi connectivity index (χ2v) is 4.60. The van der Waals surface area contributed by atoms with Gasteiger partial charge in [0, 0.05) is 5.25 Å². The number of carbonyl (C=O) groups is 1. The average Bonchev–Trinajstić information content (AvgIpc) is 2.15. The standard InChI is InChI=1S/C9H19NO2S/c1-7(13-5)6-9(2,10-3)8(11)12-4/h7,10H,6H2,1-5H3. The molecule has 13 heavy (non-hydrogen) atoms. The van der Waals surface area contributed by atoms with Gasteiger partial charge in [-0.2, -0.15) is 11.8 Å². The lowest BCUT2D eigenvalue weighted by atomic mass is 9.96. The quantitative estimate of drug-likeness (QED) is 0.686. The Kier molecular flexibility index (Phi) is 5.40. The van der Waals surface area contributed by atoms with Crippen molar-refractivity contribution in [2.45, 2.75) is 31.1 Å². The van der Waals surface area contributed by atoms with Crippen LogP contribution >= 0.6 is 11.8 Å². The van der Waals surface area contributed by atoms with Gasteiger partial charge < -0.3 is 10.1 Å². The molecule has 0 aromatic carbocycles. The van der Waals surface area contributed by atoms with Crippen LogP contribution in [0.5, 0.6) is 0 Å². The van der Waals surface area contributed by atoms with Gasteiger partial charge in [-0.05, 0) is 26.6 Å². The van der Waals surface area contributed by atoms with Crippen molar-refractivity contribution in [1.29, 1.82) is 0 Å². The molecule has 3 nitrogen and oxygen atoms in total. The van der Waals surface area contributed by atoms with Crippen LogP contribution in [0.3, 0.4) is 0 Å². The van der Waals surface area contributed by atoms with Gasteiger partial charge >= 0.3 is 5.97 Å². The molecule has 1 N–H and O–H groups in total. The number of ether oxygens (including phenoxy) is 1. The molecule has 4 heteroatoms. The summed E-state index contributed by atoms with van der Waals surface area (Å²) in [4.78, 5) is 11.4. The van der Waals surface area contributed by atoms with Crippen molar-refractivity contribution >= 4 is 17.7 Å². The Labute approximate surface area is 84.6 Å². The zero-order chi connectivity index (χ0) is 10.5. The summed E-state index contributed by atoms with van der Waals surface area (Å²) in [5.41, 5.74) is -0.558. The maximum atomic E-state index is 11.4. The first-order valence-corrected chi connectivity index (χ1v) is 5.59. The van der Waals surface area contributed by atoms with Gasteiger partial charge in [0.15, 0.2) is 0 Å². The van der Waals surface area contributed by atoms with Gasteiger partial charge in [0.2, 0.25) is 0 Å². The molecule has 0 aromatic rings. The minimum atomic E-state index is -0.558. The van der Waals surface area contributed by atoms with Gasteiger partial charge in [-0.3, -0.25) is 4.79 Å². The first-order chi connectivity index (χ1) is 6.00. The first kappa shape index (κ1) is 12.8. The van der Waals surface area contributed by atoms with Crippen molar-refractivity contribution < 1.29 is 9.53 Å². The highest BCUT2D eigenvalue weighted by Crippen LogP contribution is 2.20. The number of hydrogen-bond donors (Lipinski definition) is 1. The van der Waals surface area contributed by atoms with Crippen molar-refractivity contribution in [3.63, 3.8) is 0 Å². The summed E-state index contributed by atoms with van der Waals surface area (Å²) >= 11 is 1.75. The summed E-state index contributed by atoms with van der Waals surface area (Å²) in [6.45, 7) is 3.97. The molecule has 0 bridgehead atoms. The Morgan fingerprint density at radius 3 is 2.54 bits per heavy atom. The Hall–Kier alpha value is -0.220. The van der Waals surface area contributed by atoms with Gasteiger partial charge in [-0.1, -0.05) is 6.92 Å². The Bertz CT molecular complexity index is 175. The first-order valence-electron chi connectivity index (χ1n) is 4.30. The van der Waals surface area contributed by atoms with E-state index in [1.165, 1.54) is 7.11 Å². The molecule has 0 aliphatic heterocycles. The minimum absolute atomic E-state index is 0.198. The molecular formula is C9H19NO2S. The fraction of sp³-hybridized carbons (Fsp3) is 0.889. The number of rotatable bonds is 5. The summed E-state index contributed by atoms with van der Waals surface area (Å²) in [5.74, 6) is -0.198. The topological polar surface area (TPSA) is 38.3 Å². The summed E-state index contributed by atoms with van der Waals surface area (Å²) in [7, 11) is 3.20. The van der Waals surface area contributed by atoms with Gasteiger partial charge in [0.25, 0.3) is 0 Å². The third-order valence-electron chi connectivity index (χ3n) is 2.29. The Morgan fingerprint density at radius 2 is 2.23 bits per heavy atom. The normalized spacial score (nSPS) is 17.6. The van der Waals surface area contributed by atoms with Crippen LogP contribution in [-0.2, 0) is 9.53 Å². The average molecular weight is 205 g/mol. The van der Waals surface area contributed by atoms with Crippen LogP contribution in [0.1, 0.15) is 20.3 Å². The molecule has 0 saturated heterocycles. The van der Waals surface area contributed by atoms with E-state index < -0.39 is 5.54 Å². The van der Waals surface area contributed by atoms with Gasteiger partial charge in [-0.25, -0.2) is 0 Å². The van der Waals surface area contributed by atoms with E-state index in [9.17, 15) is 4.79 Å². The third-order valence-corrected chi connectivity index (χ3v) is 3.26. The molecule has 0 aliphatic carbocycles. The van der Waals surface area contributed by atoms with Crippen molar-refractivity contribution in [3.8, 4) is 0 Å². The minimum Gasteiger partial charge on any atom is -0.468 e. The van der Waals surface area contributed by atoms with E-state index in [0.29, 0.717) is 5.25 Å². The highest BCUT2D eigenvalue weighted by atomic mass is 32.2. The van der Waals surface area contributed by atoms with Crippen molar-refractivity contribution in [1.82, 2.24) is 5.32 Å². The van der Waals surface area contributed by atoms with E-state index in [0.717, 1.165) is 6.42 Å². The summed E-state index contributed by atoms with van der Waals surface area (Å²) in [6, 6.07) is 0. The van der Waals surface area contributed by atoms with Crippen LogP contribution in [0.25, 0.3) is 0 Å². The van der Waals surface area contributed by atoms with Crippen molar-refractivity contribution in [3.05, 3.63) is 0 Å². The third kappa shape index (κ3) is 3.56. The largest absolute Gasteiger partial charge is 0.468 e. The number of nitrogens with one attached hydrogen (secondary N) is 1. The molecule has 0 fully saturated rings. The van der Waals surface area contributed by atoms with Crippen LogP contribution in [0, 0.1) is 0 Å². The lowest BCUT2D eigenvalue weighted by Crippen LogP contribution is -2.49. The Morgan fingerprint density at radius 1 is 1.69 bits per heavy atom. The Balaban J connectivity index is 4.35. The summed E-state index contributed by atoms with van der Waals surface area (Å²) < 4.78 is 4.74. The second-order valence-electron chi connectivity index (χ2n) is 3.32. The molecule has 0 heterocycles. The molecule has 0 saturated carbocycles. The fourth-order valence-corrected chi connectivity index (χ4v) is 1.67. The van der Waals surface area contributed by atoms with Gasteiger partial charge in [0.1, 0.15) is 5.54 Å². The predicted molar refractivity (Wildman–Crippen MR) is 57.1 cm³/mol. The van der Waals surface area contributed by atoms with Crippen molar-refractivity contribution in [2.75, 3.05) is 20.4 Å². The summed E-state index contributed by atoms with van der Waals surface area (Å²) in [5, 5.41) is 3.45. The van der Waals surface area contributed by atoms with Gasteiger partial charge in [0.05, 0.1) is 7.11 Å². The van der Waals surface area contributed by atoms with Crippen LogP contribution in [0.2, 0.25) is 0 Å². The number of likely N-dealkylation sites (N-methyl/N-ethyl adjacent to an activating group) is 1. The van der Waals surface area contributed by atoms with E-state index in [-0.39, 0.29) is 5.97 Å². The zero-order valence-corrected chi connectivity index (χ0v) is 9.83. The smallest absolute Gasteiger partial charge is 0.325 e. The monoisotopic (exact) mass is 205 g/mol. The van der Waals surface area contributed by atoms with Crippen LogP contribution in [0.15, 0.2) is 0 Å². The fourth-order valence-electron chi connectivity index (χ4n) is 1.17. The number of methoxy groups -OCH3 is 1. The molecular weight excluding hydrogens is 186 g/mol. The van der Waals surface area contributed by atoms with Crippen LogP contribution in [0.4, 0.5) is 0 Å². The molecule has 2 atom stereocenters. The number of hydrogen-bond acceptors (Lipinski definition) is 4. The highest BCUT2D eigenvalue weighted by molar-refractivity contribution is 7.99. The maximum Gasteiger partial charge on any atom is 0.325 e. The molecule has 0 aliphatic rings. The lowest BCUT2D eigenvalue weighted by Gasteiger charge is -2.28. The lowest BCUT2D eigenvalue weighted by molar-refractivity contribution is -0.147. The molecule has 0 amide bonds. The summed E-state index contributed by atoms with van der Waals surface area (Å²) in [6.07, 6.45) is 2.81. The molecule has 0 spiro atoms. The number of esters is 1.